The molecule has 0 spiro atoms. The maximum absolute atomic E-state index is 12.8. The van der Waals surface area contributed by atoms with Crippen LogP contribution in [0.25, 0.3) is 0 Å². The number of carboxylic acid groups (broad SMARTS) is 1. The SMILES string of the molecule is C=C(C(=O)O)/C(C)=N\O/C=C(F)\C=C/CC. The number of rotatable bonds is 6. The Labute approximate surface area is 93.4 Å². The molecule has 4 nitrogen and oxygen atoms in total. The van der Waals surface area contributed by atoms with Crippen molar-refractivity contribution in [3.05, 3.63) is 36.4 Å². The molecule has 0 saturated heterocycles. The van der Waals surface area contributed by atoms with Gasteiger partial charge in [0.05, 0.1) is 11.3 Å². The number of halogens is 1. The van der Waals surface area contributed by atoms with Crippen LogP contribution < -0.4 is 0 Å². The molecule has 0 saturated carbocycles. The Bertz CT molecular complexity index is 356. The molecule has 0 aromatic heterocycles. The molecule has 16 heavy (non-hydrogen) atoms. The van der Waals surface area contributed by atoms with Crippen molar-refractivity contribution in [2.45, 2.75) is 20.3 Å². The quantitative estimate of drug-likeness (QED) is 0.249. The predicted molar refractivity (Wildman–Crippen MR) is 59.6 cm³/mol. The van der Waals surface area contributed by atoms with E-state index in [0.29, 0.717) is 6.42 Å². The smallest absolute Gasteiger partial charge is 0.337 e. The highest BCUT2D eigenvalue weighted by Crippen LogP contribution is 2.01. The first-order chi connectivity index (χ1) is 7.49. The second kappa shape index (κ2) is 7.39. The zero-order chi connectivity index (χ0) is 12.6. The van der Waals surface area contributed by atoms with Crippen molar-refractivity contribution in [2.24, 2.45) is 5.16 Å². The molecule has 0 amide bonds. The Kier molecular flexibility index (Phi) is 6.51. The van der Waals surface area contributed by atoms with Crippen LogP contribution in [0.15, 0.2) is 41.5 Å². The number of carboxylic acids is 1. The van der Waals surface area contributed by atoms with Crippen molar-refractivity contribution in [2.75, 3.05) is 0 Å². The summed E-state index contributed by atoms with van der Waals surface area (Å²) in [4.78, 5) is 14.9. The van der Waals surface area contributed by atoms with Crippen LogP contribution in [-0.2, 0) is 9.63 Å². The van der Waals surface area contributed by atoms with E-state index in [-0.39, 0.29) is 11.3 Å². The molecule has 0 radical (unpaired) electrons. The van der Waals surface area contributed by atoms with Crippen molar-refractivity contribution < 1.29 is 19.1 Å². The fourth-order valence-corrected chi connectivity index (χ4v) is 0.635. The first-order valence-electron chi connectivity index (χ1n) is 4.64. The molecular formula is C11H14FNO3. The summed E-state index contributed by atoms with van der Waals surface area (Å²) in [7, 11) is 0. The highest BCUT2D eigenvalue weighted by atomic mass is 19.1. The van der Waals surface area contributed by atoms with Gasteiger partial charge in [-0.1, -0.05) is 24.7 Å². The standard InChI is InChI=1S/C11H14FNO3/c1-4-5-6-10(12)7-16-13-9(3)8(2)11(14)15/h5-7H,2,4H2,1,3H3,(H,14,15)/b6-5-,10-7+,13-9-. The van der Waals surface area contributed by atoms with E-state index in [2.05, 4.69) is 16.6 Å². The zero-order valence-electron chi connectivity index (χ0n) is 9.24. The number of hydrogen-bond acceptors (Lipinski definition) is 3. The Balaban J connectivity index is 4.33. The van der Waals surface area contributed by atoms with Gasteiger partial charge < -0.3 is 9.94 Å². The van der Waals surface area contributed by atoms with Crippen LogP contribution in [0.1, 0.15) is 20.3 Å². The molecule has 1 N–H and O–H groups in total. The first kappa shape index (κ1) is 14.1. The fraction of sp³-hybridized carbons (Fsp3) is 0.273. The molecule has 0 aliphatic carbocycles. The van der Waals surface area contributed by atoms with Crippen LogP contribution in [-0.4, -0.2) is 16.8 Å². The molecule has 0 unspecified atom stereocenters. The molecule has 88 valence electrons. The van der Waals surface area contributed by atoms with Crippen LogP contribution in [0.3, 0.4) is 0 Å². The average molecular weight is 227 g/mol. The van der Waals surface area contributed by atoms with Crippen LogP contribution in [0.4, 0.5) is 4.39 Å². The van der Waals surface area contributed by atoms with E-state index < -0.39 is 11.8 Å². The first-order valence-corrected chi connectivity index (χ1v) is 4.64. The Morgan fingerprint density at radius 1 is 1.62 bits per heavy atom. The van der Waals surface area contributed by atoms with E-state index in [1.54, 1.807) is 6.08 Å². The predicted octanol–water partition coefficient (Wildman–Crippen LogP) is 2.80. The molecule has 0 aliphatic rings. The summed E-state index contributed by atoms with van der Waals surface area (Å²) in [6.45, 7) is 6.53. The Morgan fingerprint density at radius 3 is 2.75 bits per heavy atom. The molecule has 0 fully saturated rings. The number of carbonyl (C=O) groups is 1. The topological polar surface area (TPSA) is 58.9 Å². The highest BCUT2D eigenvalue weighted by molar-refractivity contribution is 6.17. The third-order valence-electron chi connectivity index (χ3n) is 1.56. The van der Waals surface area contributed by atoms with Gasteiger partial charge in [-0.25, -0.2) is 9.18 Å². The van der Waals surface area contributed by atoms with Crippen LogP contribution >= 0.6 is 0 Å². The fourth-order valence-electron chi connectivity index (χ4n) is 0.635. The lowest BCUT2D eigenvalue weighted by molar-refractivity contribution is -0.132. The molecule has 0 aromatic rings. The summed E-state index contributed by atoms with van der Waals surface area (Å²) in [5.41, 5.74) is -0.117. The van der Waals surface area contributed by atoms with Gasteiger partial charge in [-0.05, 0) is 19.4 Å². The second-order valence-corrected chi connectivity index (χ2v) is 2.88. The normalized spacial score (nSPS) is 12.9. The van der Waals surface area contributed by atoms with E-state index in [1.807, 2.05) is 6.92 Å². The summed E-state index contributed by atoms with van der Waals surface area (Å²) in [6.07, 6.45) is 4.34. The van der Waals surface area contributed by atoms with E-state index in [4.69, 9.17) is 5.11 Å². The summed E-state index contributed by atoms with van der Waals surface area (Å²) in [6, 6.07) is 0. The van der Waals surface area contributed by atoms with Crippen molar-refractivity contribution in [1.82, 2.24) is 0 Å². The van der Waals surface area contributed by atoms with E-state index in [9.17, 15) is 9.18 Å². The molecule has 0 bridgehead atoms. The van der Waals surface area contributed by atoms with Gasteiger partial charge in [0.25, 0.3) is 0 Å². The second-order valence-electron chi connectivity index (χ2n) is 2.88. The Hall–Kier alpha value is -1.91. The van der Waals surface area contributed by atoms with Crippen molar-refractivity contribution in [3.8, 4) is 0 Å². The molecule has 0 aliphatic heterocycles. The third-order valence-corrected chi connectivity index (χ3v) is 1.56. The molecule has 5 heteroatoms. The maximum atomic E-state index is 12.8. The van der Waals surface area contributed by atoms with Gasteiger partial charge in [0.2, 0.25) is 0 Å². The maximum Gasteiger partial charge on any atom is 0.337 e. The molecule has 0 heterocycles. The van der Waals surface area contributed by atoms with E-state index in [0.717, 1.165) is 6.26 Å². The largest absolute Gasteiger partial charge is 0.478 e. The van der Waals surface area contributed by atoms with Gasteiger partial charge in [-0.3, -0.25) is 0 Å². The van der Waals surface area contributed by atoms with E-state index >= 15 is 0 Å². The van der Waals surface area contributed by atoms with Crippen LogP contribution in [0, 0.1) is 0 Å². The van der Waals surface area contributed by atoms with Gasteiger partial charge in [-0.2, -0.15) is 0 Å². The number of oxime groups is 1. The molecule has 0 aromatic carbocycles. The van der Waals surface area contributed by atoms with Gasteiger partial charge in [-0.15, -0.1) is 0 Å². The van der Waals surface area contributed by atoms with Gasteiger partial charge in [0.15, 0.2) is 12.1 Å². The van der Waals surface area contributed by atoms with Crippen molar-refractivity contribution in [3.63, 3.8) is 0 Å². The molecule has 0 rings (SSSR count). The lowest BCUT2D eigenvalue weighted by Crippen LogP contribution is -2.07. The van der Waals surface area contributed by atoms with Gasteiger partial charge in [0, 0.05) is 0 Å². The average Bonchev–Trinajstić information content (AvgIpc) is 2.24. The minimum Gasteiger partial charge on any atom is -0.478 e. The minimum absolute atomic E-state index is 0.0796. The number of hydrogen-bond donors (Lipinski definition) is 1. The monoisotopic (exact) mass is 227 g/mol. The summed E-state index contributed by atoms with van der Waals surface area (Å²) < 4.78 is 12.8. The molecular weight excluding hydrogens is 213 g/mol. The number of allylic oxidation sites excluding steroid dienone is 3. The van der Waals surface area contributed by atoms with Crippen molar-refractivity contribution >= 4 is 11.7 Å². The summed E-state index contributed by atoms with van der Waals surface area (Å²) in [5, 5.41) is 11.9. The lowest BCUT2D eigenvalue weighted by Gasteiger charge is -1.97. The number of nitrogens with zero attached hydrogens (tertiary/aromatic N) is 1. The van der Waals surface area contributed by atoms with E-state index in [1.165, 1.54) is 13.0 Å². The number of aliphatic carboxylic acids is 1. The van der Waals surface area contributed by atoms with Gasteiger partial charge in [0.1, 0.15) is 0 Å². The zero-order valence-corrected chi connectivity index (χ0v) is 9.24. The van der Waals surface area contributed by atoms with Gasteiger partial charge >= 0.3 is 5.97 Å². The van der Waals surface area contributed by atoms with Crippen molar-refractivity contribution in [1.29, 1.82) is 0 Å². The molecule has 0 atom stereocenters. The Morgan fingerprint density at radius 2 is 2.25 bits per heavy atom. The highest BCUT2D eigenvalue weighted by Gasteiger charge is 2.07. The van der Waals surface area contributed by atoms with Crippen LogP contribution in [0.5, 0.6) is 0 Å². The lowest BCUT2D eigenvalue weighted by atomic mass is 10.2. The van der Waals surface area contributed by atoms with Crippen LogP contribution in [0.2, 0.25) is 0 Å². The minimum atomic E-state index is -1.19. The summed E-state index contributed by atoms with van der Waals surface area (Å²) in [5.74, 6) is -1.79. The summed E-state index contributed by atoms with van der Waals surface area (Å²) >= 11 is 0. The third kappa shape index (κ3) is 5.74.